The van der Waals surface area contributed by atoms with Gasteiger partial charge in [-0.1, -0.05) is 35.9 Å². The molecule has 2 atom stereocenters. The SMILES string of the molecule is CC1=NN(c2ccc(C)cc2)C(=O)[C@]12Cc1ccccc1N1CCN(CCO)C[C@@H]12. The molecule has 5 rings (SSSR count). The number of aryl methyl sites for hydroxylation is 1. The predicted octanol–water partition coefficient (Wildman–Crippen LogP) is 2.44. The maximum atomic E-state index is 14.0. The summed E-state index contributed by atoms with van der Waals surface area (Å²) in [4.78, 5) is 18.7. The minimum Gasteiger partial charge on any atom is -0.395 e. The highest BCUT2D eigenvalue weighted by Crippen LogP contribution is 2.48. The number of hydrogen-bond donors (Lipinski definition) is 1. The number of aliphatic hydroxyl groups is 1. The van der Waals surface area contributed by atoms with Crippen LogP contribution in [0.4, 0.5) is 11.4 Å². The molecule has 3 aliphatic rings. The van der Waals surface area contributed by atoms with Crippen LogP contribution in [0.25, 0.3) is 0 Å². The fraction of sp³-hybridized carbons (Fsp3) is 0.417. The van der Waals surface area contributed by atoms with Gasteiger partial charge in [0.05, 0.1) is 24.0 Å². The molecule has 1 saturated heterocycles. The maximum Gasteiger partial charge on any atom is 0.261 e. The molecule has 0 bridgehead atoms. The van der Waals surface area contributed by atoms with Crippen LogP contribution in [0.1, 0.15) is 18.1 Å². The lowest BCUT2D eigenvalue weighted by molar-refractivity contribution is -0.125. The molecule has 3 aliphatic heterocycles. The van der Waals surface area contributed by atoms with Gasteiger partial charge in [0.2, 0.25) is 0 Å². The molecular formula is C24H28N4O2. The van der Waals surface area contributed by atoms with Crippen molar-refractivity contribution in [3.63, 3.8) is 0 Å². The molecule has 0 radical (unpaired) electrons. The maximum absolute atomic E-state index is 14.0. The number of hydrogen-bond acceptors (Lipinski definition) is 5. The monoisotopic (exact) mass is 404 g/mol. The highest BCUT2D eigenvalue weighted by molar-refractivity contribution is 6.20. The van der Waals surface area contributed by atoms with Crippen LogP contribution in [0, 0.1) is 12.3 Å². The molecular weight excluding hydrogens is 376 g/mol. The Hall–Kier alpha value is -2.70. The molecule has 1 spiro atoms. The minimum atomic E-state index is -0.687. The van der Waals surface area contributed by atoms with Gasteiger partial charge in [0, 0.05) is 31.9 Å². The van der Waals surface area contributed by atoms with Gasteiger partial charge >= 0.3 is 0 Å². The summed E-state index contributed by atoms with van der Waals surface area (Å²) in [7, 11) is 0. The van der Waals surface area contributed by atoms with Crippen LogP contribution >= 0.6 is 0 Å². The molecule has 1 N–H and O–H groups in total. The van der Waals surface area contributed by atoms with E-state index < -0.39 is 5.41 Å². The van der Waals surface area contributed by atoms with Crippen LogP contribution in [0.2, 0.25) is 0 Å². The van der Waals surface area contributed by atoms with Gasteiger partial charge in [-0.25, -0.2) is 0 Å². The van der Waals surface area contributed by atoms with Gasteiger partial charge in [-0.3, -0.25) is 9.69 Å². The van der Waals surface area contributed by atoms with Crippen molar-refractivity contribution < 1.29 is 9.90 Å². The van der Waals surface area contributed by atoms with Gasteiger partial charge in [0.25, 0.3) is 5.91 Å². The molecule has 6 nitrogen and oxygen atoms in total. The highest BCUT2D eigenvalue weighted by Gasteiger charge is 2.59. The van der Waals surface area contributed by atoms with Crippen molar-refractivity contribution in [2.75, 3.05) is 42.7 Å². The van der Waals surface area contributed by atoms with E-state index in [1.807, 2.05) is 38.1 Å². The first-order valence-corrected chi connectivity index (χ1v) is 10.7. The lowest BCUT2D eigenvalue weighted by Gasteiger charge is -2.53. The molecule has 0 aliphatic carbocycles. The van der Waals surface area contributed by atoms with Crippen LogP contribution < -0.4 is 9.91 Å². The predicted molar refractivity (Wildman–Crippen MR) is 119 cm³/mol. The highest BCUT2D eigenvalue weighted by atomic mass is 16.3. The zero-order valence-electron chi connectivity index (χ0n) is 17.6. The fourth-order valence-corrected chi connectivity index (χ4v) is 5.33. The Balaban J connectivity index is 1.59. The Labute approximate surface area is 177 Å². The number of aliphatic hydroxyl groups excluding tert-OH is 1. The van der Waals surface area contributed by atoms with Gasteiger partial charge in [-0.05, 0) is 44.0 Å². The topological polar surface area (TPSA) is 59.4 Å². The molecule has 6 heteroatoms. The summed E-state index contributed by atoms with van der Waals surface area (Å²) >= 11 is 0. The summed E-state index contributed by atoms with van der Waals surface area (Å²) < 4.78 is 0. The molecule has 2 aromatic carbocycles. The van der Waals surface area contributed by atoms with Crippen LogP contribution in [-0.2, 0) is 11.2 Å². The van der Waals surface area contributed by atoms with Crippen LogP contribution in [-0.4, -0.2) is 60.5 Å². The number of amides is 1. The van der Waals surface area contributed by atoms with E-state index >= 15 is 0 Å². The Kier molecular flexibility index (Phi) is 4.64. The first kappa shape index (κ1) is 19.3. The third-order valence-corrected chi connectivity index (χ3v) is 6.97. The summed E-state index contributed by atoms with van der Waals surface area (Å²) in [5.41, 5.74) is 4.60. The van der Waals surface area contributed by atoms with Crippen molar-refractivity contribution in [1.82, 2.24) is 4.90 Å². The number of benzene rings is 2. The van der Waals surface area contributed by atoms with Crippen molar-refractivity contribution in [3.8, 4) is 0 Å². The second-order valence-corrected chi connectivity index (χ2v) is 8.65. The Bertz CT molecular complexity index is 1000. The smallest absolute Gasteiger partial charge is 0.261 e. The summed E-state index contributed by atoms with van der Waals surface area (Å²) in [6, 6.07) is 16.4. The Morgan fingerprint density at radius 3 is 2.63 bits per heavy atom. The quantitative estimate of drug-likeness (QED) is 0.854. The van der Waals surface area contributed by atoms with Crippen LogP contribution in [0.5, 0.6) is 0 Å². The molecule has 156 valence electrons. The van der Waals surface area contributed by atoms with Gasteiger partial charge in [-0.15, -0.1) is 0 Å². The molecule has 1 amide bonds. The average Bonchev–Trinajstić information content (AvgIpc) is 3.00. The van der Waals surface area contributed by atoms with Gasteiger partial charge in [0.1, 0.15) is 5.41 Å². The van der Waals surface area contributed by atoms with E-state index in [4.69, 9.17) is 5.10 Å². The molecule has 0 unspecified atom stereocenters. The van der Waals surface area contributed by atoms with Crippen molar-refractivity contribution in [1.29, 1.82) is 0 Å². The zero-order valence-corrected chi connectivity index (χ0v) is 17.6. The Morgan fingerprint density at radius 2 is 1.87 bits per heavy atom. The molecule has 0 aromatic heterocycles. The van der Waals surface area contributed by atoms with E-state index in [0.29, 0.717) is 13.0 Å². The number of anilines is 2. The summed E-state index contributed by atoms with van der Waals surface area (Å²) in [5.74, 6) is 0.0548. The number of hydrazone groups is 1. The van der Waals surface area contributed by atoms with Crippen molar-refractivity contribution >= 4 is 23.0 Å². The molecule has 2 aromatic rings. The fourth-order valence-electron chi connectivity index (χ4n) is 5.33. The van der Waals surface area contributed by atoms with E-state index in [1.54, 1.807) is 5.01 Å². The summed E-state index contributed by atoms with van der Waals surface area (Å²) in [5, 5.41) is 15.9. The van der Waals surface area contributed by atoms with E-state index in [9.17, 15) is 9.90 Å². The number of piperazine rings is 1. The van der Waals surface area contributed by atoms with E-state index in [2.05, 4.69) is 34.1 Å². The van der Waals surface area contributed by atoms with Crippen LogP contribution in [0.15, 0.2) is 53.6 Å². The van der Waals surface area contributed by atoms with Crippen LogP contribution in [0.3, 0.4) is 0 Å². The largest absolute Gasteiger partial charge is 0.395 e. The number of β-amino-alcohol motifs (C(OH)–C–C–N with tert-alkyl or cyclic N) is 1. The van der Waals surface area contributed by atoms with Gasteiger partial charge in [-0.2, -0.15) is 10.1 Å². The third-order valence-electron chi connectivity index (χ3n) is 6.97. The number of para-hydroxylation sites is 1. The van der Waals surface area contributed by atoms with E-state index in [0.717, 1.165) is 36.6 Å². The van der Waals surface area contributed by atoms with E-state index in [1.165, 1.54) is 11.3 Å². The number of fused-ring (bicyclic) bond motifs is 4. The summed E-state index contributed by atoms with van der Waals surface area (Å²) in [6.07, 6.45) is 0.661. The number of carbonyl (C=O) groups excluding carboxylic acids is 1. The first-order valence-electron chi connectivity index (χ1n) is 10.7. The zero-order chi connectivity index (χ0) is 20.9. The second kappa shape index (κ2) is 7.22. The van der Waals surface area contributed by atoms with Crippen molar-refractivity contribution in [2.45, 2.75) is 26.3 Å². The average molecular weight is 405 g/mol. The molecule has 3 heterocycles. The van der Waals surface area contributed by atoms with E-state index in [-0.39, 0.29) is 18.6 Å². The van der Waals surface area contributed by atoms with Crippen molar-refractivity contribution in [3.05, 3.63) is 59.7 Å². The normalized spacial score (nSPS) is 26.0. The van der Waals surface area contributed by atoms with Crippen molar-refractivity contribution in [2.24, 2.45) is 10.5 Å². The molecule has 30 heavy (non-hydrogen) atoms. The number of rotatable bonds is 3. The number of nitrogens with zero attached hydrogens (tertiary/aromatic N) is 4. The summed E-state index contributed by atoms with van der Waals surface area (Å²) in [6.45, 7) is 7.28. The molecule has 1 fully saturated rings. The molecule has 0 saturated carbocycles. The van der Waals surface area contributed by atoms with Gasteiger partial charge < -0.3 is 10.0 Å². The lowest BCUT2D eigenvalue weighted by atomic mass is 9.67. The standard InChI is InChI=1S/C24H28N4O2/c1-17-7-9-20(10-8-17)28-23(30)24(18(2)25-28)15-19-5-3-4-6-21(19)27-12-11-26(13-14-29)16-22(24)27/h3-10,22,29H,11-16H2,1-2H3/t22-,24-/m1/s1. The first-order chi connectivity index (χ1) is 14.5. The number of carbonyl (C=O) groups is 1. The Morgan fingerprint density at radius 1 is 1.10 bits per heavy atom. The second-order valence-electron chi connectivity index (χ2n) is 8.65. The minimum absolute atomic E-state index is 0.000557. The lowest BCUT2D eigenvalue weighted by Crippen LogP contribution is -2.67. The van der Waals surface area contributed by atoms with Gasteiger partial charge in [0.15, 0.2) is 0 Å². The third kappa shape index (κ3) is 2.78.